The largest absolute Gasteiger partial charge is 0.508 e. The molecule has 0 atom stereocenters. The van der Waals surface area contributed by atoms with Crippen LogP contribution >= 0.6 is 0 Å². The number of benzene rings is 3. The molecule has 0 bridgehead atoms. The van der Waals surface area contributed by atoms with Crippen molar-refractivity contribution < 1.29 is 14.9 Å². The smallest absolute Gasteiger partial charge is 0.137 e. The summed E-state index contributed by atoms with van der Waals surface area (Å²) in [7, 11) is 4.20. The molecule has 0 saturated carbocycles. The number of hydrogen-bond donors (Lipinski definition) is 2. The molecule has 5 heteroatoms. The lowest BCUT2D eigenvalue weighted by atomic mass is 10.0. The van der Waals surface area contributed by atoms with Gasteiger partial charge in [0.25, 0.3) is 0 Å². The van der Waals surface area contributed by atoms with E-state index in [0.29, 0.717) is 17.7 Å². The number of fused-ring (bicyclic) bond motifs is 2. The molecule has 33 heavy (non-hydrogen) atoms. The van der Waals surface area contributed by atoms with Crippen molar-refractivity contribution in [3.63, 3.8) is 0 Å². The highest BCUT2D eigenvalue weighted by Gasteiger charge is 2.24. The summed E-state index contributed by atoms with van der Waals surface area (Å²) >= 11 is 0. The lowest BCUT2D eigenvalue weighted by Crippen LogP contribution is -2.15. The lowest BCUT2D eigenvalue weighted by Gasteiger charge is -2.14. The van der Waals surface area contributed by atoms with E-state index in [1.165, 1.54) is 17.0 Å². The second-order valence-electron chi connectivity index (χ2n) is 8.78. The van der Waals surface area contributed by atoms with Crippen LogP contribution in [0.4, 0.5) is 0 Å². The summed E-state index contributed by atoms with van der Waals surface area (Å²) in [6.45, 7) is 1.92. The molecule has 2 N–H and O–H groups in total. The number of ether oxygens (including phenoxy) is 1. The zero-order valence-electron chi connectivity index (χ0n) is 19.0. The van der Waals surface area contributed by atoms with Crippen LogP contribution in [0.25, 0.3) is 28.2 Å². The van der Waals surface area contributed by atoms with Gasteiger partial charge in [-0.1, -0.05) is 48.5 Å². The highest BCUT2D eigenvalue weighted by Crippen LogP contribution is 2.42. The molecule has 0 aliphatic carbocycles. The Hall–Kier alpha value is -3.70. The molecule has 0 fully saturated rings. The van der Waals surface area contributed by atoms with Crippen molar-refractivity contribution in [2.24, 2.45) is 0 Å². The maximum Gasteiger partial charge on any atom is 0.137 e. The van der Waals surface area contributed by atoms with Gasteiger partial charge in [-0.25, -0.2) is 0 Å². The molecule has 0 spiro atoms. The number of nitrogens with zero attached hydrogens (tertiary/aromatic N) is 2. The molecular formula is C28H28N2O3. The summed E-state index contributed by atoms with van der Waals surface area (Å²) in [6.07, 6.45) is 3.61. The number of hydrogen-bond acceptors (Lipinski definition) is 4. The molecule has 0 saturated heterocycles. The molecule has 5 rings (SSSR count). The van der Waals surface area contributed by atoms with Crippen molar-refractivity contribution in [1.29, 1.82) is 0 Å². The number of aryl methyl sites for hydroxylation is 1. The Morgan fingerprint density at radius 1 is 1.00 bits per heavy atom. The van der Waals surface area contributed by atoms with Crippen molar-refractivity contribution in [2.75, 3.05) is 20.6 Å². The van der Waals surface area contributed by atoms with Crippen LogP contribution in [0.1, 0.15) is 17.5 Å². The summed E-state index contributed by atoms with van der Waals surface area (Å²) in [4.78, 5) is 2.21. The Balaban J connectivity index is 1.66. The van der Waals surface area contributed by atoms with Gasteiger partial charge < -0.3 is 24.4 Å². The Morgan fingerprint density at radius 2 is 1.76 bits per heavy atom. The molecular weight excluding hydrogens is 412 g/mol. The van der Waals surface area contributed by atoms with E-state index in [-0.39, 0.29) is 11.5 Å². The fraction of sp³-hybridized carbons (Fsp3) is 0.214. The maximum absolute atomic E-state index is 10.3. The summed E-state index contributed by atoms with van der Waals surface area (Å²) < 4.78 is 8.47. The van der Waals surface area contributed by atoms with Gasteiger partial charge >= 0.3 is 0 Å². The third kappa shape index (κ3) is 4.08. The highest BCUT2D eigenvalue weighted by molar-refractivity contribution is 5.98. The first kappa shape index (κ1) is 21.2. The van der Waals surface area contributed by atoms with Gasteiger partial charge in [0.15, 0.2) is 0 Å². The van der Waals surface area contributed by atoms with Gasteiger partial charge in [-0.05, 0) is 44.8 Å². The van der Waals surface area contributed by atoms with E-state index in [1.54, 1.807) is 6.07 Å². The molecule has 168 valence electrons. The second-order valence-corrected chi connectivity index (χ2v) is 8.78. The minimum Gasteiger partial charge on any atom is -0.508 e. The van der Waals surface area contributed by atoms with Crippen LogP contribution in [-0.4, -0.2) is 40.3 Å². The first-order valence-electron chi connectivity index (χ1n) is 11.3. The lowest BCUT2D eigenvalue weighted by molar-refractivity contribution is 0.388. The van der Waals surface area contributed by atoms with Crippen molar-refractivity contribution in [2.45, 2.75) is 19.4 Å². The fourth-order valence-electron chi connectivity index (χ4n) is 4.64. The number of aromatic nitrogens is 1. The van der Waals surface area contributed by atoms with Crippen LogP contribution in [0.2, 0.25) is 0 Å². The van der Waals surface area contributed by atoms with Gasteiger partial charge in [-0.2, -0.15) is 0 Å². The monoisotopic (exact) mass is 440 g/mol. The van der Waals surface area contributed by atoms with Gasteiger partial charge in [-0.15, -0.1) is 0 Å². The summed E-state index contributed by atoms with van der Waals surface area (Å²) in [5.41, 5.74) is 5.32. The average molecular weight is 441 g/mol. The normalized spacial score (nSPS) is 14.2. The highest BCUT2D eigenvalue weighted by atomic mass is 16.5. The van der Waals surface area contributed by atoms with E-state index >= 15 is 0 Å². The average Bonchev–Trinajstić information content (AvgIpc) is 3.34. The first-order chi connectivity index (χ1) is 16.0. The number of aromatic hydroxyl groups is 2. The Kier molecular flexibility index (Phi) is 5.56. The van der Waals surface area contributed by atoms with Crippen molar-refractivity contribution in [3.05, 3.63) is 83.6 Å². The Bertz CT molecular complexity index is 1340. The Morgan fingerprint density at radius 3 is 2.55 bits per heavy atom. The minimum absolute atomic E-state index is 0.00466. The van der Waals surface area contributed by atoms with Gasteiger partial charge in [0.1, 0.15) is 23.0 Å². The van der Waals surface area contributed by atoms with E-state index in [0.717, 1.165) is 42.1 Å². The van der Waals surface area contributed by atoms with Crippen molar-refractivity contribution >= 4 is 17.0 Å². The maximum atomic E-state index is 10.3. The van der Waals surface area contributed by atoms with E-state index in [4.69, 9.17) is 4.74 Å². The first-order valence-corrected chi connectivity index (χ1v) is 11.3. The van der Waals surface area contributed by atoms with E-state index in [1.807, 2.05) is 6.07 Å². The van der Waals surface area contributed by atoms with Gasteiger partial charge in [0.05, 0.1) is 5.69 Å². The number of allylic oxidation sites excluding steroid dienone is 1. The summed E-state index contributed by atoms with van der Waals surface area (Å²) in [5.74, 6) is 1.31. The standard InChI is InChI=1S/C28H28N2O3/c1-29(2)13-8-14-30-25-12-7-6-11-22(25)23(28(30)19-9-4-3-5-10-19)17-21-18-24-26(32)15-20(31)16-27(24)33-21/h3-7,9-12,15-17,31-32H,8,13-14,18H2,1-2H3. The van der Waals surface area contributed by atoms with E-state index in [9.17, 15) is 10.2 Å². The van der Waals surface area contributed by atoms with E-state index in [2.05, 4.69) is 78.2 Å². The molecule has 4 aromatic rings. The zero-order valence-corrected chi connectivity index (χ0v) is 19.0. The zero-order chi connectivity index (χ0) is 22.9. The number of para-hydroxylation sites is 1. The number of phenols is 2. The SMILES string of the molecule is CN(C)CCCn1c(-c2ccccc2)c(C=C2Cc3c(O)cc(O)cc3O2)c2ccccc21. The molecule has 0 amide bonds. The van der Waals surface area contributed by atoms with Gasteiger partial charge in [0, 0.05) is 47.1 Å². The van der Waals surface area contributed by atoms with Gasteiger partial charge in [0.2, 0.25) is 0 Å². The topological polar surface area (TPSA) is 57.9 Å². The van der Waals surface area contributed by atoms with Crippen LogP contribution in [-0.2, 0) is 13.0 Å². The van der Waals surface area contributed by atoms with Crippen LogP contribution in [0.15, 0.2) is 72.5 Å². The quantitative estimate of drug-likeness (QED) is 0.407. The number of phenolic OH excluding ortho intramolecular Hbond substituents is 2. The molecule has 2 heterocycles. The van der Waals surface area contributed by atoms with Crippen LogP contribution in [0.5, 0.6) is 17.2 Å². The predicted octanol–water partition coefficient (Wildman–Crippen LogP) is 5.65. The molecule has 0 radical (unpaired) electrons. The third-order valence-electron chi connectivity index (χ3n) is 6.11. The van der Waals surface area contributed by atoms with E-state index < -0.39 is 0 Å². The molecule has 5 nitrogen and oxygen atoms in total. The third-order valence-corrected chi connectivity index (χ3v) is 6.11. The van der Waals surface area contributed by atoms with Crippen molar-refractivity contribution in [1.82, 2.24) is 9.47 Å². The molecule has 1 aliphatic rings. The molecule has 1 aromatic heterocycles. The second kappa shape index (κ2) is 8.68. The summed E-state index contributed by atoms with van der Waals surface area (Å²) in [5, 5.41) is 21.3. The Labute approximate surface area is 193 Å². The molecule has 1 aliphatic heterocycles. The van der Waals surface area contributed by atoms with Crippen LogP contribution < -0.4 is 4.74 Å². The summed E-state index contributed by atoms with van der Waals surface area (Å²) in [6, 6.07) is 21.8. The van der Waals surface area contributed by atoms with Gasteiger partial charge in [-0.3, -0.25) is 0 Å². The molecule has 3 aromatic carbocycles. The predicted molar refractivity (Wildman–Crippen MR) is 133 cm³/mol. The molecule has 0 unspecified atom stereocenters. The minimum atomic E-state index is -0.00466. The fourth-order valence-corrected chi connectivity index (χ4v) is 4.64. The van der Waals surface area contributed by atoms with Crippen LogP contribution in [0, 0.1) is 0 Å². The van der Waals surface area contributed by atoms with Crippen LogP contribution in [0.3, 0.4) is 0 Å². The van der Waals surface area contributed by atoms with Crippen molar-refractivity contribution in [3.8, 4) is 28.5 Å². The number of rotatable bonds is 6.